The predicted molar refractivity (Wildman–Crippen MR) is 75.2 cm³/mol. The zero-order chi connectivity index (χ0) is 13.9. The molecule has 3 rings (SSSR count). The van der Waals surface area contributed by atoms with Crippen LogP contribution in [0, 0.1) is 5.92 Å². The number of fused-ring (bicyclic) bond motifs is 1. The summed E-state index contributed by atoms with van der Waals surface area (Å²) in [6.07, 6.45) is -0.871. The van der Waals surface area contributed by atoms with Gasteiger partial charge in [-0.25, -0.2) is 0 Å². The predicted octanol–water partition coefficient (Wildman–Crippen LogP) is 1.85. The Morgan fingerprint density at radius 3 is 2.55 bits per heavy atom. The van der Waals surface area contributed by atoms with Crippen LogP contribution in [0.2, 0.25) is 0 Å². The van der Waals surface area contributed by atoms with E-state index < -0.39 is 6.29 Å². The SMILES string of the molecule is OCC1COC(c2ccc3ccccc3c2)OC1CO. The lowest BCUT2D eigenvalue weighted by atomic mass is 10.0. The molecule has 1 fully saturated rings. The molecule has 106 valence electrons. The van der Waals surface area contributed by atoms with Crippen molar-refractivity contribution < 1.29 is 19.7 Å². The third-order valence-electron chi connectivity index (χ3n) is 3.75. The molecule has 0 aromatic heterocycles. The van der Waals surface area contributed by atoms with Gasteiger partial charge in [-0.1, -0.05) is 36.4 Å². The first-order chi connectivity index (χ1) is 9.81. The van der Waals surface area contributed by atoms with Gasteiger partial charge in [0.05, 0.1) is 25.9 Å². The molecule has 0 amide bonds. The van der Waals surface area contributed by atoms with Crippen molar-refractivity contribution in [3.63, 3.8) is 0 Å². The fourth-order valence-corrected chi connectivity index (χ4v) is 2.52. The fourth-order valence-electron chi connectivity index (χ4n) is 2.52. The third kappa shape index (κ3) is 2.55. The standard InChI is InChI=1S/C16H18O4/c17-8-14-10-19-16(20-15(14)9-18)13-6-5-11-3-1-2-4-12(11)7-13/h1-7,14-18H,8-10H2. The van der Waals surface area contributed by atoms with E-state index in [4.69, 9.17) is 9.47 Å². The highest BCUT2D eigenvalue weighted by Gasteiger charge is 2.31. The molecule has 4 heteroatoms. The van der Waals surface area contributed by atoms with Crippen LogP contribution < -0.4 is 0 Å². The van der Waals surface area contributed by atoms with Crippen LogP contribution in [0.25, 0.3) is 10.8 Å². The Balaban J connectivity index is 1.84. The van der Waals surface area contributed by atoms with E-state index in [2.05, 4.69) is 6.07 Å². The van der Waals surface area contributed by atoms with Crippen LogP contribution in [-0.2, 0) is 9.47 Å². The van der Waals surface area contributed by atoms with E-state index >= 15 is 0 Å². The van der Waals surface area contributed by atoms with E-state index in [0.717, 1.165) is 10.9 Å². The molecule has 4 nitrogen and oxygen atoms in total. The molecule has 0 radical (unpaired) electrons. The Bertz CT molecular complexity index is 583. The lowest BCUT2D eigenvalue weighted by Gasteiger charge is -2.35. The van der Waals surface area contributed by atoms with Gasteiger partial charge in [0.2, 0.25) is 0 Å². The molecule has 1 saturated heterocycles. The van der Waals surface area contributed by atoms with Gasteiger partial charge in [-0.15, -0.1) is 0 Å². The summed E-state index contributed by atoms with van der Waals surface area (Å²) in [7, 11) is 0. The minimum Gasteiger partial charge on any atom is -0.396 e. The minimum atomic E-state index is -0.487. The van der Waals surface area contributed by atoms with Crippen LogP contribution in [-0.4, -0.2) is 36.1 Å². The Labute approximate surface area is 117 Å². The first-order valence-electron chi connectivity index (χ1n) is 6.79. The summed E-state index contributed by atoms with van der Waals surface area (Å²) < 4.78 is 11.4. The van der Waals surface area contributed by atoms with Crippen molar-refractivity contribution in [2.45, 2.75) is 12.4 Å². The second kappa shape index (κ2) is 5.89. The molecule has 3 unspecified atom stereocenters. The number of hydrogen-bond acceptors (Lipinski definition) is 4. The number of benzene rings is 2. The van der Waals surface area contributed by atoms with Gasteiger partial charge in [0, 0.05) is 11.5 Å². The third-order valence-corrected chi connectivity index (χ3v) is 3.75. The molecule has 20 heavy (non-hydrogen) atoms. The first-order valence-corrected chi connectivity index (χ1v) is 6.79. The summed E-state index contributed by atoms with van der Waals surface area (Å²) in [5.74, 6) is -0.170. The topological polar surface area (TPSA) is 58.9 Å². The summed E-state index contributed by atoms with van der Waals surface area (Å²) >= 11 is 0. The summed E-state index contributed by atoms with van der Waals surface area (Å²) in [6.45, 7) is 0.230. The van der Waals surface area contributed by atoms with Crippen LogP contribution in [0.5, 0.6) is 0 Å². The van der Waals surface area contributed by atoms with Crippen molar-refractivity contribution in [3.8, 4) is 0 Å². The summed E-state index contributed by atoms with van der Waals surface area (Å²) in [5, 5.41) is 20.8. The van der Waals surface area contributed by atoms with E-state index in [-0.39, 0.29) is 25.2 Å². The molecular formula is C16H18O4. The molecular weight excluding hydrogens is 256 g/mol. The van der Waals surface area contributed by atoms with Crippen LogP contribution in [0.15, 0.2) is 42.5 Å². The molecule has 3 atom stereocenters. The lowest BCUT2D eigenvalue weighted by molar-refractivity contribution is -0.252. The van der Waals surface area contributed by atoms with E-state index in [1.54, 1.807) is 0 Å². The molecule has 1 aliphatic heterocycles. The Morgan fingerprint density at radius 2 is 1.80 bits per heavy atom. The molecule has 0 aliphatic carbocycles. The van der Waals surface area contributed by atoms with Crippen molar-refractivity contribution in [1.82, 2.24) is 0 Å². The molecule has 2 aromatic carbocycles. The van der Waals surface area contributed by atoms with E-state index in [1.165, 1.54) is 5.39 Å². The zero-order valence-corrected chi connectivity index (χ0v) is 11.1. The van der Waals surface area contributed by atoms with Crippen molar-refractivity contribution in [1.29, 1.82) is 0 Å². The molecule has 1 aliphatic rings. The molecule has 1 heterocycles. The normalized spacial score (nSPS) is 26.8. The van der Waals surface area contributed by atoms with Crippen molar-refractivity contribution in [3.05, 3.63) is 48.0 Å². The summed E-state index contributed by atoms with van der Waals surface area (Å²) in [5.41, 5.74) is 0.929. The lowest BCUT2D eigenvalue weighted by Crippen LogP contribution is -2.40. The van der Waals surface area contributed by atoms with Crippen LogP contribution in [0.4, 0.5) is 0 Å². The second-order valence-corrected chi connectivity index (χ2v) is 5.07. The average Bonchev–Trinajstić information content (AvgIpc) is 2.53. The summed E-state index contributed by atoms with van der Waals surface area (Å²) in [6, 6.07) is 14.1. The summed E-state index contributed by atoms with van der Waals surface area (Å²) in [4.78, 5) is 0. The molecule has 0 spiro atoms. The largest absolute Gasteiger partial charge is 0.396 e. The Kier molecular flexibility index (Phi) is 3.98. The molecule has 0 bridgehead atoms. The monoisotopic (exact) mass is 274 g/mol. The molecule has 0 saturated carbocycles. The van der Waals surface area contributed by atoms with Gasteiger partial charge < -0.3 is 19.7 Å². The number of rotatable bonds is 3. The number of aliphatic hydroxyl groups excluding tert-OH is 2. The van der Waals surface area contributed by atoms with E-state index in [1.807, 2.05) is 36.4 Å². The van der Waals surface area contributed by atoms with Gasteiger partial charge in [0.15, 0.2) is 6.29 Å². The van der Waals surface area contributed by atoms with Crippen LogP contribution >= 0.6 is 0 Å². The first kappa shape index (κ1) is 13.5. The number of ether oxygens (including phenoxy) is 2. The molecule has 2 N–H and O–H groups in total. The number of hydrogen-bond donors (Lipinski definition) is 2. The van der Waals surface area contributed by atoms with Gasteiger partial charge in [-0.2, -0.15) is 0 Å². The van der Waals surface area contributed by atoms with Gasteiger partial charge >= 0.3 is 0 Å². The smallest absolute Gasteiger partial charge is 0.184 e. The highest BCUT2D eigenvalue weighted by Crippen LogP contribution is 2.30. The van der Waals surface area contributed by atoms with E-state index in [9.17, 15) is 10.2 Å². The maximum Gasteiger partial charge on any atom is 0.184 e. The van der Waals surface area contributed by atoms with Crippen molar-refractivity contribution >= 4 is 10.8 Å². The van der Waals surface area contributed by atoms with Gasteiger partial charge in [-0.3, -0.25) is 0 Å². The average molecular weight is 274 g/mol. The maximum atomic E-state index is 9.34. The second-order valence-electron chi connectivity index (χ2n) is 5.07. The van der Waals surface area contributed by atoms with Gasteiger partial charge in [0.1, 0.15) is 0 Å². The van der Waals surface area contributed by atoms with E-state index in [0.29, 0.717) is 6.61 Å². The molecule has 2 aromatic rings. The van der Waals surface area contributed by atoms with Crippen LogP contribution in [0.1, 0.15) is 11.9 Å². The van der Waals surface area contributed by atoms with Gasteiger partial charge in [0.25, 0.3) is 0 Å². The van der Waals surface area contributed by atoms with Crippen molar-refractivity contribution in [2.24, 2.45) is 5.92 Å². The minimum absolute atomic E-state index is 0.0460. The van der Waals surface area contributed by atoms with Crippen molar-refractivity contribution in [2.75, 3.05) is 19.8 Å². The van der Waals surface area contributed by atoms with Gasteiger partial charge in [-0.05, 0) is 16.8 Å². The Morgan fingerprint density at radius 1 is 1.00 bits per heavy atom. The highest BCUT2D eigenvalue weighted by molar-refractivity contribution is 5.83. The zero-order valence-electron chi connectivity index (χ0n) is 11.1. The Hall–Kier alpha value is -1.46. The maximum absolute atomic E-state index is 9.34. The highest BCUT2D eigenvalue weighted by atomic mass is 16.7. The van der Waals surface area contributed by atoms with Crippen LogP contribution in [0.3, 0.4) is 0 Å². The fraction of sp³-hybridized carbons (Fsp3) is 0.375. The number of aliphatic hydroxyl groups is 2. The quantitative estimate of drug-likeness (QED) is 0.897.